The summed E-state index contributed by atoms with van der Waals surface area (Å²) in [6.07, 6.45) is 11.8. The number of alkyl halides is 1. The van der Waals surface area contributed by atoms with Crippen LogP contribution in [0.25, 0.3) is 5.65 Å². The van der Waals surface area contributed by atoms with Crippen molar-refractivity contribution in [3.63, 3.8) is 0 Å². The molecule has 0 spiro atoms. The van der Waals surface area contributed by atoms with Crippen LogP contribution in [0, 0.1) is 0 Å². The number of fused-ring (bicyclic) bond motifs is 3. The van der Waals surface area contributed by atoms with E-state index in [9.17, 15) is 9.18 Å². The second kappa shape index (κ2) is 7.55. The summed E-state index contributed by atoms with van der Waals surface area (Å²) in [7, 11) is 0. The number of nitrogens with zero attached hydrogens (tertiary/aromatic N) is 4. The number of nitrogens with one attached hydrogen (secondary N) is 1. The number of amides is 1. The Morgan fingerprint density at radius 2 is 2.24 bits per heavy atom. The van der Waals surface area contributed by atoms with Gasteiger partial charge in [0.2, 0.25) is 0 Å². The lowest BCUT2D eigenvalue weighted by atomic mass is 9.84. The SMILES string of the molecule is CC12CCC(c3cn4cc(C(=O)Nc5ccn(CCF)n5)c(OC5CCC5)cc4n3)(CO1)C2. The van der Waals surface area contributed by atoms with Crippen molar-refractivity contribution in [2.24, 2.45) is 0 Å². The number of halogens is 1. The van der Waals surface area contributed by atoms with Crippen molar-refractivity contribution < 1.29 is 18.7 Å². The monoisotopic (exact) mass is 453 g/mol. The molecule has 1 saturated heterocycles. The van der Waals surface area contributed by atoms with Crippen LogP contribution in [-0.2, 0) is 16.7 Å². The van der Waals surface area contributed by atoms with Crippen LogP contribution in [0.1, 0.15) is 61.5 Å². The van der Waals surface area contributed by atoms with Gasteiger partial charge in [0.25, 0.3) is 5.91 Å². The molecule has 3 aliphatic rings. The van der Waals surface area contributed by atoms with Crippen LogP contribution in [0.2, 0.25) is 0 Å². The van der Waals surface area contributed by atoms with E-state index in [2.05, 4.69) is 17.3 Å². The normalized spacial score (nSPS) is 26.6. The van der Waals surface area contributed by atoms with Crippen molar-refractivity contribution >= 4 is 17.4 Å². The van der Waals surface area contributed by atoms with Crippen LogP contribution in [-0.4, -0.2) is 50.1 Å². The minimum Gasteiger partial charge on any atom is -0.489 e. The Hall–Kier alpha value is -2.94. The third kappa shape index (κ3) is 3.58. The number of aromatic nitrogens is 4. The van der Waals surface area contributed by atoms with E-state index in [1.165, 1.54) is 4.68 Å². The quantitative estimate of drug-likeness (QED) is 0.587. The first-order valence-corrected chi connectivity index (χ1v) is 11.7. The molecule has 3 aromatic rings. The van der Waals surface area contributed by atoms with E-state index in [-0.39, 0.29) is 29.6 Å². The molecular weight excluding hydrogens is 425 g/mol. The Labute approximate surface area is 191 Å². The highest BCUT2D eigenvalue weighted by Crippen LogP contribution is 2.53. The van der Waals surface area contributed by atoms with E-state index in [1.54, 1.807) is 18.5 Å². The summed E-state index contributed by atoms with van der Waals surface area (Å²) in [4.78, 5) is 18.1. The van der Waals surface area contributed by atoms with Crippen molar-refractivity contribution in [1.82, 2.24) is 19.2 Å². The van der Waals surface area contributed by atoms with Gasteiger partial charge in [0.15, 0.2) is 5.82 Å². The van der Waals surface area contributed by atoms with Gasteiger partial charge >= 0.3 is 0 Å². The standard InChI is InChI=1S/C24H28FN5O3/c1-23-6-7-24(14-23,15-32-23)19-13-29-12-17(18(11-21(29)26-19)33-16-3-2-4-16)22(31)27-20-5-9-30(28-20)10-8-25/h5,9,11-13,16H,2-4,6-8,10,14-15H2,1H3,(H,27,28,31). The molecule has 2 unspecified atom stereocenters. The molecule has 2 saturated carbocycles. The molecule has 2 atom stereocenters. The first-order valence-electron chi connectivity index (χ1n) is 11.7. The molecular formula is C24H28FN5O3. The Bertz CT molecular complexity index is 1210. The van der Waals surface area contributed by atoms with Crippen LogP contribution in [0.3, 0.4) is 0 Å². The van der Waals surface area contributed by atoms with Crippen molar-refractivity contribution in [2.45, 2.75) is 69.1 Å². The van der Waals surface area contributed by atoms with Gasteiger partial charge in [-0.25, -0.2) is 9.37 Å². The Kier molecular flexibility index (Phi) is 4.72. The van der Waals surface area contributed by atoms with E-state index in [1.807, 2.05) is 16.7 Å². The Morgan fingerprint density at radius 3 is 2.91 bits per heavy atom. The average Bonchev–Trinajstić information content (AvgIpc) is 3.52. The molecule has 6 rings (SSSR count). The number of anilines is 1. The lowest BCUT2D eigenvalue weighted by molar-refractivity contribution is -0.00627. The molecule has 8 nitrogen and oxygen atoms in total. The number of aryl methyl sites for hydroxylation is 1. The van der Waals surface area contributed by atoms with Gasteiger partial charge in [0, 0.05) is 36.1 Å². The maximum atomic E-state index is 13.2. The lowest BCUT2D eigenvalue weighted by Crippen LogP contribution is -2.26. The molecule has 1 aliphatic heterocycles. The van der Waals surface area contributed by atoms with Gasteiger partial charge in [0.1, 0.15) is 18.1 Å². The van der Waals surface area contributed by atoms with Gasteiger partial charge in [-0.15, -0.1) is 0 Å². The number of ether oxygens (including phenoxy) is 2. The van der Waals surface area contributed by atoms with E-state index < -0.39 is 6.67 Å². The number of pyridine rings is 1. The van der Waals surface area contributed by atoms with Gasteiger partial charge in [-0.3, -0.25) is 9.48 Å². The summed E-state index contributed by atoms with van der Waals surface area (Å²) in [5, 5.41) is 7.02. The van der Waals surface area contributed by atoms with E-state index in [0.717, 1.165) is 49.9 Å². The smallest absolute Gasteiger partial charge is 0.262 e. The minimum absolute atomic E-state index is 0.0507. The third-order valence-electron chi connectivity index (χ3n) is 7.43. The summed E-state index contributed by atoms with van der Waals surface area (Å²) in [5.74, 6) is 0.589. The highest BCUT2D eigenvalue weighted by atomic mass is 19.1. The maximum Gasteiger partial charge on any atom is 0.262 e. The van der Waals surface area contributed by atoms with Crippen LogP contribution < -0.4 is 10.1 Å². The van der Waals surface area contributed by atoms with Crippen LogP contribution in [0.5, 0.6) is 5.75 Å². The third-order valence-corrected chi connectivity index (χ3v) is 7.43. The van der Waals surface area contributed by atoms with Gasteiger partial charge < -0.3 is 19.2 Å². The number of hydrogen-bond donors (Lipinski definition) is 1. The summed E-state index contributed by atoms with van der Waals surface area (Å²) in [5.41, 5.74) is 2.10. The van der Waals surface area contributed by atoms with E-state index >= 15 is 0 Å². The Morgan fingerprint density at radius 1 is 1.36 bits per heavy atom. The molecule has 4 heterocycles. The summed E-state index contributed by atoms with van der Waals surface area (Å²) < 4.78 is 28.2. The molecule has 1 amide bonds. The fraction of sp³-hybridized carbons (Fsp3) is 0.542. The molecule has 3 fully saturated rings. The molecule has 33 heavy (non-hydrogen) atoms. The predicted octanol–water partition coefficient (Wildman–Crippen LogP) is 3.89. The molecule has 9 heteroatoms. The lowest BCUT2D eigenvalue weighted by Gasteiger charge is -2.27. The molecule has 174 valence electrons. The summed E-state index contributed by atoms with van der Waals surface area (Å²) in [6, 6.07) is 3.52. The van der Waals surface area contributed by atoms with Gasteiger partial charge in [0.05, 0.1) is 36.1 Å². The Balaban J connectivity index is 1.33. The number of carbonyl (C=O) groups excluding carboxylic acids is 1. The minimum atomic E-state index is -0.514. The van der Waals surface area contributed by atoms with Crippen LogP contribution in [0.15, 0.2) is 30.7 Å². The highest BCUT2D eigenvalue weighted by molar-refractivity contribution is 6.05. The van der Waals surface area contributed by atoms with Crippen LogP contribution >= 0.6 is 0 Å². The van der Waals surface area contributed by atoms with Gasteiger partial charge in [-0.05, 0) is 45.4 Å². The topological polar surface area (TPSA) is 82.7 Å². The number of hydrogen-bond acceptors (Lipinski definition) is 5. The van der Waals surface area contributed by atoms with Crippen molar-refractivity contribution in [2.75, 3.05) is 18.6 Å². The van der Waals surface area contributed by atoms with Crippen molar-refractivity contribution in [1.29, 1.82) is 0 Å². The summed E-state index contributed by atoms with van der Waals surface area (Å²) >= 11 is 0. The highest BCUT2D eigenvalue weighted by Gasteiger charge is 2.55. The van der Waals surface area contributed by atoms with Gasteiger partial charge in [-0.1, -0.05) is 0 Å². The first kappa shape index (κ1) is 20.7. The fourth-order valence-corrected chi connectivity index (χ4v) is 5.28. The molecule has 0 radical (unpaired) electrons. The first-order chi connectivity index (χ1) is 16.0. The molecule has 2 bridgehead atoms. The zero-order valence-corrected chi connectivity index (χ0v) is 18.7. The largest absolute Gasteiger partial charge is 0.489 e. The number of rotatable bonds is 7. The van der Waals surface area contributed by atoms with E-state index in [4.69, 9.17) is 14.5 Å². The van der Waals surface area contributed by atoms with Crippen LogP contribution in [0.4, 0.5) is 10.2 Å². The molecule has 1 N–H and O–H groups in total. The van der Waals surface area contributed by atoms with Crippen molar-refractivity contribution in [3.05, 3.63) is 42.0 Å². The number of imidazole rings is 1. The summed E-state index contributed by atoms with van der Waals surface area (Å²) in [6.45, 7) is 2.51. The second-order valence-corrected chi connectivity index (χ2v) is 9.92. The van der Waals surface area contributed by atoms with Gasteiger partial charge in [-0.2, -0.15) is 5.10 Å². The molecule has 3 aromatic heterocycles. The molecule has 2 aliphatic carbocycles. The zero-order chi connectivity index (χ0) is 22.6. The number of carbonyl (C=O) groups is 1. The second-order valence-electron chi connectivity index (χ2n) is 9.92. The van der Waals surface area contributed by atoms with Crippen molar-refractivity contribution in [3.8, 4) is 5.75 Å². The zero-order valence-electron chi connectivity index (χ0n) is 18.7. The fourth-order valence-electron chi connectivity index (χ4n) is 5.28. The van der Waals surface area contributed by atoms with E-state index in [0.29, 0.717) is 23.7 Å². The predicted molar refractivity (Wildman–Crippen MR) is 120 cm³/mol. The average molecular weight is 454 g/mol. The molecule has 0 aromatic carbocycles. The maximum absolute atomic E-state index is 13.2.